The van der Waals surface area contributed by atoms with E-state index < -0.39 is 48.4 Å². The van der Waals surface area contributed by atoms with Crippen molar-refractivity contribution >= 4 is 0 Å². The first-order valence-electron chi connectivity index (χ1n) is 11.9. The number of likely N-dealkylation sites (tertiary alicyclic amines) is 1. The van der Waals surface area contributed by atoms with Gasteiger partial charge in [0.05, 0.1) is 25.3 Å². The number of likely N-dealkylation sites (N-methyl/N-ethyl adjacent to an activating group) is 1. The van der Waals surface area contributed by atoms with Gasteiger partial charge in [0, 0.05) is 17.0 Å². The van der Waals surface area contributed by atoms with E-state index in [4.69, 9.17) is 23.7 Å². The molecule has 0 aliphatic carbocycles. The minimum atomic E-state index is -0.933. The number of aromatic nitrogens is 3. The summed E-state index contributed by atoms with van der Waals surface area (Å²) in [5.41, 5.74) is 1.42. The molecule has 4 bridgehead atoms. The van der Waals surface area contributed by atoms with Crippen LogP contribution in [-0.4, -0.2) is 81.4 Å². The fraction of sp³-hybridized carbons (Fsp3) is 0.652. The van der Waals surface area contributed by atoms with E-state index in [1.807, 2.05) is 56.3 Å². The van der Waals surface area contributed by atoms with E-state index in [2.05, 4.69) is 10.3 Å². The Morgan fingerprint density at radius 1 is 1.17 bits per heavy atom. The molecular weight excluding hydrogens is 458 g/mol. The lowest BCUT2D eigenvalue weighted by molar-refractivity contribution is -0.536. The lowest BCUT2D eigenvalue weighted by atomic mass is 9.87. The summed E-state index contributed by atoms with van der Waals surface area (Å²) in [5, 5.41) is 20.9. The van der Waals surface area contributed by atoms with E-state index in [9.17, 15) is 10.1 Å². The van der Waals surface area contributed by atoms with Gasteiger partial charge in [0.25, 0.3) is 0 Å². The van der Waals surface area contributed by atoms with Crippen LogP contribution in [0.4, 0.5) is 0 Å². The van der Waals surface area contributed by atoms with Gasteiger partial charge in [0.1, 0.15) is 42.4 Å². The maximum absolute atomic E-state index is 12.5. The molecule has 0 radical (unpaired) electrons. The molecule has 2 aromatic rings. The average molecular weight is 488 g/mol. The van der Waals surface area contributed by atoms with E-state index in [0.717, 1.165) is 5.56 Å². The molecule has 1 aromatic heterocycles. The molecule has 7 atom stereocenters. The van der Waals surface area contributed by atoms with Crippen molar-refractivity contribution in [3.8, 4) is 5.75 Å². The predicted octanol–water partition coefficient (Wildman–Crippen LogP) is 1.38. The molecule has 0 saturated carbocycles. The second-order valence-corrected chi connectivity index (χ2v) is 10.0. The first-order valence-corrected chi connectivity index (χ1v) is 11.9. The van der Waals surface area contributed by atoms with Crippen LogP contribution in [0.3, 0.4) is 0 Å². The number of ether oxygens (including phenoxy) is 5. The number of benzene rings is 1. The van der Waals surface area contributed by atoms with Crippen LogP contribution in [0.1, 0.15) is 31.1 Å². The van der Waals surface area contributed by atoms with Crippen LogP contribution in [0.2, 0.25) is 0 Å². The molecule has 1 unspecified atom stereocenters. The summed E-state index contributed by atoms with van der Waals surface area (Å²) in [4.78, 5) is 14.4. The second kappa shape index (κ2) is 8.49. The summed E-state index contributed by atoms with van der Waals surface area (Å²) >= 11 is 0. The van der Waals surface area contributed by atoms with E-state index in [-0.39, 0.29) is 11.5 Å². The van der Waals surface area contributed by atoms with Gasteiger partial charge in [-0.15, -0.1) is 5.10 Å². The molecule has 1 aromatic carbocycles. The van der Waals surface area contributed by atoms with Crippen molar-refractivity contribution in [2.24, 2.45) is 5.92 Å². The van der Waals surface area contributed by atoms with E-state index in [0.29, 0.717) is 31.1 Å². The third-order valence-electron chi connectivity index (χ3n) is 7.25. The minimum Gasteiger partial charge on any atom is -0.491 e. The summed E-state index contributed by atoms with van der Waals surface area (Å²) < 4.78 is 32.5. The zero-order valence-electron chi connectivity index (χ0n) is 19.9. The number of hydrogen-bond donors (Lipinski definition) is 0. The molecule has 188 valence electrons. The summed E-state index contributed by atoms with van der Waals surface area (Å²) in [6.45, 7) is 5.09. The third kappa shape index (κ3) is 3.99. The topological polar surface area (TPSA) is 123 Å². The third-order valence-corrected chi connectivity index (χ3v) is 7.25. The van der Waals surface area contributed by atoms with Gasteiger partial charge >= 0.3 is 0 Å². The van der Waals surface area contributed by atoms with Gasteiger partial charge < -0.3 is 23.7 Å². The zero-order valence-corrected chi connectivity index (χ0v) is 19.9. The van der Waals surface area contributed by atoms with Gasteiger partial charge in [-0.3, -0.25) is 15.0 Å². The Balaban J connectivity index is 1.42. The first kappa shape index (κ1) is 22.8. The molecule has 12 heteroatoms. The smallest absolute Gasteiger partial charge is 0.239 e. The van der Waals surface area contributed by atoms with Gasteiger partial charge in [0.15, 0.2) is 12.1 Å². The van der Waals surface area contributed by atoms with Crippen molar-refractivity contribution in [2.75, 3.05) is 20.2 Å². The fourth-order valence-electron chi connectivity index (χ4n) is 5.88. The molecule has 4 aliphatic heterocycles. The molecule has 0 spiro atoms. The molecule has 0 N–H and O–H groups in total. The molecule has 0 amide bonds. The first-order chi connectivity index (χ1) is 16.8. The molecule has 3 saturated heterocycles. The number of fused-ring (bicyclic) bond motifs is 10. The minimum absolute atomic E-state index is 0.174. The standard InChI is InChI=1S/C23H29N5O7/c1-23(2)34-21-20-19(33-22(21)35-23)15-11-26(3)17(18(15)28(29)30)14-6-4-5-7-16(14)31-9-8-27-10-13(12-32-20)24-25-27/h4-7,10,15,17-22H,8-9,11-12H2,1-3H3/t15-,17+,18+,19?,20+,21-,22-/m0/s1. The highest BCUT2D eigenvalue weighted by molar-refractivity contribution is 5.37. The number of nitro groups is 1. The van der Waals surface area contributed by atoms with Crippen LogP contribution in [0.25, 0.3) is 0 Å². The van der Waals surface area contributed by atoms with Crippen LogP contribution < -0.4 is 4.74 Å². The maximum Gasteiger partial charge on any atom is 0.239 e. The van der Waals surface area contributed by atoms with Crippen molar-refractivity contribution in [3.05, 3.63) is 51.8 Å². The summed E-state index contributed by atoms with van der Waals surface area (Å²) in [5.74, 6) is -0.672. The van der Waals surface area contributed by atoms with Crippen molar-refractivity contribution < 1.29 is 28.6 Å². The van der Waals surface area contributed by atoms with Crippen LogP contribution in [-0.2, 0) is 32.1 Å². The summed E-state index contributed by atoms with van der Waals surface area (Å²) in [7, 11) is 1.90. The summed E-state index contributed by atoms with van der Waals surface area (Å²) in [6.07, 6.45) is -0.525. The van der Waals surface area contributed by atoms with Crippen LogP contribution >= 0.6 is 0 Å². The molecule has 12 nitrogen and oxygen atoms in total. The monoisotopic (exact) mass is 487 g/mol. The predicted molar refractivity (Wildman–Crippen MR) is 119 cm³/mol. The van der Waals surface area contributed by atoms with Crippen LogP contribution in [0, 0.1) is 16.0 Å². The normalized spacial score (nSPS) is 36.4. The van der Waals surface area contributed by atoms with Crippen LogP contribution in [0.5, 0.6) is 5.75 Å². The van der Waals surface area contributed by atoms with Gasteiger partial charge in [-0.1, -0.05) is 23.4 Å². The zero-order chi connectivity index (χ0) is 24.3. The molecular formula is C23H29N5O7. The lowest BCUT2D eigenvalue weighted by Crippen LogP contribution is -2.46. The van der Waals surface area contributed by atoms with E-state index >= 15 is 0 Å². The van der Waals surface area contributed by atoms with Gasteiger partial charge in [-0.05, 0) is 27.0 Å². The highest BCUT2D eigenvalue weighted by atomic mass is 16.8. The fourth-order valence-corrected chi connectivity index (χ4v) is 5.88. The second-order valence-electron chi connectivity index (χ2n) is 10.0. The maximum atomic E-state index is 12.5. The molecule has 5 heterocycles. The van der Waals surface area contributed by atoms with Crippen molar-refractivity contribution in [3.63, 3.8) is 0 Å². The highest BCUT2D eigenvalue weighted by Gasteiger charge is 2.63. The van der Waals surface area contributed by atoms with Gasteiger partial charge in [-0.2, -0.15) is 0 Å². The number of rotatable bonds is 1. The Morgan fingerprint density at radius 2 is 2.00 bits per heavy atom. The molecule has 35 heavy (non-hydrogen) atoms. The van der Waals surface area contributed by atoms with Crippen LogP contribution in [0.15, 0.2) is 30.5 Å². The number of nitrogens with zero attached hydrogens (tertiary/aromatic N) is 5. The quantitative estimate of drug-likeness (QED) is 0.430. The Kier molecular flexibility index (Phi) is 5.53. The highest BCUT2D eigenvalue weighted by Crippen LogP contribution is 2.47. The SMILES string of the molecule is CN1C[C@@H]2C3O[C@H]4OC(C)(C)O[C@H]4[C@@H]3OCc3cn(nn3)CCOc3ccccc3[C@@H]1[C@@H]2[N+](=O)[O-]. The number of para-hydroxylation sites is 1. The Morgan fingerprint density at radius 3 is 2.83 bits per heavy atom. The van der Waals surface area contributed by atoms with Crippen molar-refractivity contribution in [1.82, 2.24) is 19.9 Å². The largest absolute Gasteiger partial charge is 0.491 e. The van der Waals surface area contributed by atoms with Gasteiger partial charge in [0.2, 0.25) is 6.04 Å². The molecule has 3 fully saturated rings. The van der Waals surface area contributed by atoms with E-state index in [1.165, 1.54) is 0 Å². The van der Waals surface area contributed by atoms with E-state index in [1.54, 1.807) is 4.68 Å². The molecule has 6 rings (SSSR count). The number of hydrogen-bond acceptors (Lipinski definition) is 10. The van der Waals surface area contributed by atoms with Crippen molar-refractivity contribution in [1.29, 1.82) is 0 Å². The average Bonchev–Trinajstić information content (AvgIpc) is 3.53. The lowest BCUT2D eigenvalue weighted by Gasteiger charge is -2.29. The Labute approximate surface area is 202 Å². The summed E-state index contributed by atoms with van der Waals surface area (Å²) in [6, 6.07) is 6.08. The Bertz CT molecular complexity index is 1110. The van der Waals surface area contributed by atoms with Crippen molar-refractivity contribution in [2.45, 2.75) is 69.5 Å². The Hall–Kier alpha value is -2.64. The molecule has 4 aliphatic rings. The van der Waals surface area contributed by atoms with Gasteiger partial charge in [-0.25, -0.2) is 4.68 Å².